The van der Waals surface area contributed by atoms with Crippen LogP contribution in [0.4, 0.5) is 11.4 Å². The molecule has 0 spiro atoms. The molecule has 4 rings (SSSR count). The van der Waals surface area contributed by atoms with Crippen molar-refractivity contribution in [2.45, 2.75) is 71.4 Å². The minimum Gasteiger partial charge on any atom is -0.373 e. The fourth-order valence-electron chi connectivity index (χ4n) is 4.94. The fraction of sp³-hybridized carbons (Fsp3) is 0.429. The molecule has 0 unspecified atom stereocenters. The molecule has 1 aliphatic carbocycles. The molecule has 0 aliphatic heterocycles. The summed E-state index contributed by atoms with van der Waals surface area (Å²) in [6.07, 6.45) is 9.33. The van der Waals surface area contributed by atoms with E-state index in [0.717, 1.165) is 48.4 Å². The number of amides is 1. The van der Waals surface area contributed by atoms with Crippen LogP contribution >= 0.6 is 23.2 Å². The molecule has 1 atom stereocenters. The number of rotatable bonds is 7. The number of nitrogens with zero attached hydrogens (tertiary/aromatic N) is 4. The average molecular weight is 542 g/mol. The van der Waals surface area contributed by atoms with Crippen molar-refractivity contribution in [1.29, 1.82) is 0 Å². The van der Waals surface area contributed by atoms with E-state index in [1.165, 1.54) is 13.3 Å². The molecular formula is C28H34Cl2N6O. The first-order valence-corrected chi connectivity index (χ1v) is 13.4. The van der Waals surface area contributed by atoms with Crippen molar-refractivity contribution in [3.05, 3.63) is 70.0 Å². The topological polar surface area (TPSA) is 84.7 Å². The molecule has 7 nitrogen and oxygen atoms in total. The molecule has 0 radical (unpaired) electrons. The van der Waals surface area contributed by atoms with Crippen LogP contribution in [0.25, 0.3) is 6.08 Å². The summed E-state index contributed by atoms with van der Waals surface area (Å²) >= 11 is 12.5. The van der Waals surface area contributed by atoms with Gasteiger partial charge in [0.1, 0.15) is 0 Å². The van der Waals surface area contributed by atoms with Crippen molar-refractivity contribution >= 4 is 46.6 Å². The van der Waals surface area contributed by atoms with E-state index in [-0.39, 0.29) is 17.4 Å². The van der Waals surface area contributed by atoms with Gasteiger partial charge in [-0.3, -0.25) is 4.79 Å². The van der Waals surface area contributed by atoms with Crippen LogP contribution in [0.3, 0.4) is 0 Å². The van der Waals surface area contributed by atoms with Crippen LogP contribution < -0.4 is 10.6 Å². The molecule has 37 heavy (non-hydrogen) atoms. The number of halogens is 2. The normalized spacial score (nSPS) is 16.5. The van der Waals surface area contributed by atoms with Crippen LogP contribution in [0.15, 0.2) is 48.5 Å². The maximum Gasteiger partial charge on any atom is 0.221 e. The largest absolute Gasteiger partial charge is 0.373 e. The van der Waals surface area contributed by atoms with E-state index in [1.54, 1.807) is 6.07 Å². The minimum absolute atomic E-state index is 0.0928. The number of carbonyl (C=O) groups is 1. The van der Waals surface area contributed by atoms with Crippen molar-refractivity contribution < 1.29 is 4.79 Å². The zero-order chi connectivity index (χ0) is 26.6. The Balaban J connectivity index is 1.70. The first-order chi connectivity index (χ1) is 17.6. The van der Waals surface area contributed by atoms with Crippen LogP contribution in [0.5, 0.6) is 0 Å². The Morgan fingerprint density at radius 3 is 2.35 bits per heavy atom. The highest BCUT2D eigenvalue weighted by atomic mass is 35.5. The first kappa shape index (κ1) is 27.1. The summed E-state index contributed by atoms with van der Waals surface area (Å²) in [7, 11) is 0. The number of benzene rings is 2. The quantitative estimate of drug-likeness (QED) is 0.323. The third kappa shape index (κ3) is 6.51. The van der Waals surface area contributed by atoms with Crippen LogP contribution in [0.1, 0.15) is 77.2 Å². The lowest BCUT2D eigenvalue weighted by atomic mass is 9.79. The summed E-state index contributed by atoms with van der Waals surface area (Å²) in [5.41, 5.74) is 2.03. The SMILES string of the molecule is CC(=O)Nc1ccc(NC2(c3nnnn3[C@H](/C=C\c3ccc(Cl)cc3Cl)C(C)(C)C)CCCCC2)cc1. The number of tetrazole rings is 1. The summed E-state index contributed by atoms with van der Waals surface area (Å²) in [4.78, 5) is 11.4. The predicted molar refractivity (Wildman–Crippen MR) is 151 cm³/mol. The second-order valence-electron chi connectivity index (χ2n) is 10.8. The highest BCUT2D eigenvalue weighted by Gasteiger charge is 2.41. The van der Waals surface area contributed by atoms with Gasteiger partial charge in [-0.15, -0.1) is 5.10 Å². The number of aromatic nitrogens is 4. The van der Waals surface area contributed by atoms with E-state index in [2.05, 4.69) is 53.0 Å². The van der Waals surface area contributed by atoms with Crippen LogP contribution in [-0.4, -0.2) is 26.1 Å². The summed E-state index contributed by atoms with van der Waals surface area (Å²) in [6, 6.07) is 13.1. The van der Waals surface area contributed by atoms with Crippen LogP contribution in [0, 0.1) is 5.41 Å². The molecule has 1 amide bonds. The van der Waals surface area contributed by atoms with Gasteiger partial charge in [0.15, 0.2) is 5.82 Å². The molecule has 0 saturated heterocycles. The van der Waals surface area contributed by atoms with Gasteiger partial charge in [-0.05, 0) is 70.6 Å². The van der Waals surface area contributed by atoms with Gasteiger partial charge in [0, 0.05) is 28.3 Å². The molecule has 196 valence electrons. The van der Waals surface area contributed by atoms with E-state index in [0.29, 0.717) is 10.0 Å². The second kappa shape index (κ2) is 11.2. The molecule has 2 aromatic carbocycles. The summed E-state index contributed by atoms with van der Waals surface area (Å²) in [5.74, 6) is 0.731. The van der Waals surface area contributed by atoms with Crippen molar-refractivity contribution in [2.75, 3.05) is 10.6 Å². The molecule has 3 aromatic rings. The molecule has 2 N–H and O–H groups in total. The van der Waals surface area contributed by atoms with Gasteiger partial charge < -0.3 is 10.6 Å². The Labute approximate surface area is 228 Å². The molecule has 1 fully saturated rings. The van der Waals surface area contributed by atoms with Gasteiger partial charge in [-0.2, -0.15) is 0 Å². The van der Waals surface area contributed by atoms with Crippen LogP contribution in [-0.2, 0) is 10.3 Å². The minimum atomic E-state index is -0.410. The van der Waals surface area contributed by atoms with Gasteiger partial charge in [0.2, 0.25) is 5.91 Å². The molecule has 1 aliphatic rings. The van der Waals surface area contributed by atoms with Crippen molar-refractivity contribution in [3.8, 4) is 0 Å². The molecule has 1 aromatic heterocycles. The Morgan fingerprint density at radius 2 is 1.73 bits per heavy atom. The lowest BCUT2D eigenvalue weighted by Crippen LogP contribution is -2.42. The first-order valence-electron chi connectivity index (χ1n) is 12.6. The van der Waals surface area contributed by atoms with E-state index in [1.807, 2.05) is 47.2 Å². The molecule has 0 bridgehead atoms. The third-order valence-electron chi connectivity index (χ3n) is 6.79. The average Bonchev–Trinajstić information content (AvgIpc) is 3.31. The molecule has 1 saturated carbocycles. The lowest BCUT2D eigenvalue weighted by Gasteiger charge is -2.39. The van der Waals surface area contributed by atoms with Gasteiger partial charge in [0.05, 0.1) is 11.6 Å². The lowest BCUT2D eigenvalue weighted by molar-refractivity contribution is -0.114. The standard InChI is InChI=1S/C28H34Cl2N6O/c1-19(37)31-22-11-13-23(14-12-22)32-28(16-6-5-7-17-28)26-33-34-35-36(26)25(27(2,3)4)15-9-20-8-10-21(29)18-24(20)30/h8-15,18,25,32H,5-7,16-17H2,1-4H3,(H,31,37)/b15-9-/t25-/m1/s1. The zero-order valence-electron chi connectivity index (χ0n) is 21.8. The highest BCUT2D eigenvalue weighted by Crippen LogP contribution is 2.42. The van der Waals surface area contributed by atoms with E-state index >= 15 is 0 Å². The van der Waals surface area contributed by atoms with E-state index < -0.39 is 5.54 Å². The van der Waals surface area contributed by atoms with Gasteiger partial charge in [-0.25, -0.2) is 4.68 Å². The Bertz CT molecular complexity index is 1260. The fourth-order valence-corrected chi connectivity index (χ4v) is 5.41. The number of anilines is 2. The molecular weight excluding hydrogens is 507 g/mol. The monoisotopic (exact) mass is 540 g/mol. The van der Waals surface area contributed by atoms with E-state index in [9.17, 15) is 4.79 Å². The van der Waals surface area contributed by atoms with Crippen molar-refractivity contribution in [1.82, 2.24) is 20.2 Å². The smallest absolute Gasteiger partial charge is 0.221 e. The summed E-state index contributed by atoms with van der Waals surface area (Å²) < 4.78 is 1.96. The zero-order valence-corrected chi connectivity index (χ0v) is 23.3. The van der Waals surface area contributed by atoms with Gasteiger partial charge in [0.25, 0.3) is 0 Å². The number of hydrogen-bond acceptors (Lipinski definition) is 5. The maximum atomic E-state index is 11.4. The van der Waals surface area contributed by atoms with E-state index in [4.69, 9.17) is 23.2 Å². The van der Waals surface area contributed by atoms with Gasteiger partial charge in [-0.1, -0.05) is 81.5 Å². The predicted octanol–water partition coefficient (Wildman–Crippen LogP) is 7.51. The number of carbonyl (C=O) groups excluding carboxylic acids is 1. The van der Waals surface area contributed by atoms with Crippen molar-refractivity contribution in [2.24, 2.45) is 5.41 Å². The summed E-state index contributed by atoms with van der Waals surface area (Å²) in [5, 5.41) is 21.0. The Kier molecular flexibility index (Phi) is 8.24. The van der Waals surface area contributed by atoms with Crippen LogP contribution in [0.2, 0.25) is 10.0 Å². The maximum absolute atomic E-state index is 11.4. The highest BCUT2D eigenvalue weighted by molar-refractivity contribution is 6.35. The molecule has 9 heteroatoms. The number of nitrogens with one attached hydrogen (secondary N) is 2. The number of allylic oxidation sites excluding steroid dienone is 1. The summed E-state index contributed by atoms with van der Waals surface area (Å²) in [6.45, 7) is 8.04. The van der Waals surface area contributed by atoms with Crippen molar-refractivity contribution in [3.63, 3.8) is 0 Å². The Morgan fingerprint density at radius 1 is 1.05 bits per heavy atom. The van der Waals surface area contributed by atoms with Gasteiger partial charge >= 0.3 is 0 Å². The number of hydrogen-bond donors (Lipinski definition) is 2. The second-order valence-corrected chi connectivity index (χ2v) is 11.7. The Hall–Kier alpha value is -2.90. The third-order valence-corrected chi connectivity index (χ3v) is 7.35. The molecule has 1 heterocycles.